The summed E-state index contributed by atoms with van der Waals surface area (Å²) in [7, 11) is 0. The molecule has 1 amide bonds. The Kier molecular flexibility index (Phi) is 10.5. The Morgan fingerprint density at radius 3 is 2.59 bits per heavy atom. The monoisotopic (exact) mass is 267 g/mol. The number of unbranched alkanes of at least 4 members (excludes halogenated alkanes) is 3. The van der Waals surface area contributed by atoms with Gasteiger partial charge in [0.1, 0.15) is 0 Å². The highest BCUT2D eigenvalue weighted by molar-refractivity contribution is 7.80. The van der Waals surface area contributed by atoms with Crippen molar-refractivity contribution < 1.29 is 20.0 Å². The van der Waals surface area contributed by atoms with Crippen LogP contribution in [0.25, 0.3) is 0 Å². The van der Waals surface area contributed by atoms with E-state index in [9.17, 15) is 4.79 Å². The number of amides is 1. The predicted octanol–water partition coefficient (Wildman–Crippen LogP) is -0.0679. The summed E-state index contributed by atoms with van der Waals surface area (Å²) in [6, 6.07) is -0.549. The maximum Gasteiger partial charge on any atom is 0.237 e. The normalized spacial score (nSPS) is 12.8. The lowest BCUT2D eigenvalue weighted by Gasteiger charge is -2.09. The highest BCUT2D eigenvalue weighted by Gasteiger charge is 2.09. The molecule has 0 saturated heterocycles. The Bertz CT molecular complexity index is 207. The fourth-order valence-corrected chi connectivity index (χ4v) is 1.32. The van der Waals surface area contributed by atoms with Crippen LogP contribution in [-0.4, -0.2) is 46.7 Å². The van der Waals surface area contributed by atoms with Crippen LogP contribution in [0.4, 0.5) is 0 Å². The molecule has 8 heteroatoms. The molecule has 0 rings (SSSR count). The Hall–Kier alpha value is -0.380. The second kappa shape index (κ2) is 10.8. The van der Waals surface area contributed by atoms with Gasteiger partial charge in [0.15, 0.2) is 0 Å². The van der Waals surface area contributed by atoms with E-state index in [0.717, 1.165) is 25.7 Å². The first-order valence-corrected chi connectivity index (χ1v) is 6.16. The molecule has 0 aromatic rings. The minimum Gasteiger partial charge on any atom is -0.355 e. The third-order valence-electron chi connectivity index (χ3n) is 2.11. The van der Waals surface area contributed by atoms with E-state index >= 15 is 0 Å². The van der Waals surface area contributed by atoms with Crippen LogP contribution in [-0.2, 0) is 9.63 Å². The molecule has 0 radical (unpaired) electrons. The van der Waals surface area contributed by atoms with Crippen molar-refractivity contribution in [3.8, 4) is 0 Å². The average molecular weight is 267 g/mol. The molecule has 0 aliphatic rings. The van der Waals surface area contributed by atoms with E-state index in [4.69, 9.17) is 16.1 Å². The molecule has 1 unspecified atom stereocenters. The zero-order valence-corrected chi connectivity index (χ0v) is 10.6. The van der Waals surface area contributed by atoms with Gasteiger partial charge in [-0.05, 0) is 12.8 Å². The average Bonchev–Trinajstić information content (AvgIpc) is 2.30. The van der Waals surface area contributed by atoms with Crippen LogP contribution in [0, 0.1) is 0 Å². The van der Waals surface area contributed by atoms with Gasteiger partial charge >= 0.3 is 0 Å². The standard InChI is InChI=1S/C9H21N3O4S/c10-8(7-17)9(13)11-5-3-1-2-4-6-16-12(14)15/h8,14-15,17H,1-7,10H2,(H,11,13). The van der Waals surface area contributed by atoms with E-state index in [1.54, 1.807) is 0 Å². The molecule has 102 valence electrons. The van der Waals surface area contributed by atoms with Crippen LogP contribution < -0.4 is 11.1 Å². The summed E-state index contributed by atoms with van der Waals surface area (Å²) in [5, 5.41) is 18.9. The highest BCUT2D eigenvalue weighted by atomic mass is 32.1. The Morgan fingerprint density at radius 2 is 2.00 bits per heavy atom. The number of hydrogen-bond acceptors (Lipinski definition) is 7. The van der Waals surface area contributed by atoms with E-state index in [2.05, 4.69) is 22.8 Å². The maximum absolute atomic E-state index is 11.2. The first-order valence-electron chi connectivity index (χ1n) is 5.53. The van der Waals surface area contributed by atoms with Gasteiger partial charge in [-0.2, -0.15) is 12.6 Å². The van der Waals surface area contributed by atoms with Crippen molar-refractivity contribution in [3.63, 3.8) is 0 Å². The van der Waals surface area contributed by atoms with Crippen molar-refractivity contribution in [1.82, 2.24) is 10.7 Å². The summed E-state index contributed by atoms with van der Waals surface area (Å²) in [4.78, 5) is 15.6. The number of nitrogens with two attached hydrogens (primary N) is 1. The van der Waals surface area contributed by atoms with Gasteiger partial charge in [0.2, 0.25) is 5.91 Å². The number of hydrogen-bond donors (Lipinski definition) is 5. The third-order valence-corrected chi connectivity index (χ3v) is 2.50. The van der Waals surface area contributed by atoms with Gasteiger partial charge in [0, 0.05) is 12.3 Å². The van der Waals surface area contributed by atoms with Crippen LogP contribution >= 0.6 is 12.6 Å². The Labute approximate surface area is 106 Å². The lowest BCUT2D eigenvalue weighted by Crippen LogP contribution is -2.42. The lowest BCUT2D eigenvalue weighted by molar-refractivity contribution is -0.492. The van der Waals surface area contributed by atoms with Crippen molar-refractivity contribution in [3.05, 3.63) is 0 Å². The zero-order chi connectivity index (χ0) is 13.1. The molecule has 1 atom stereocenters. The van der Waals surface area contributed by atoms with Crippen LogP contribution in [0.5, 0.6) is 0 Å². The molecule has 17 heavy (non-hydrogen) atoms. The molecule has 0 saturated carbocycles. The smallest absolute Gasteiger partial charge is 0.237 e. The van der Waals surface area contributed by atoms with E-state index < -0.39 is 6.04 Å². The quantitative estimate of drug-likeness (QED) is 0.215. The molecule has 0 heterocycles. The van der Waals surface area contributed by atoms with Crippen molar-refractivity contribution in [2.45, 2.75) is 31.7 Å². The van der Waals surface area contributed by atoms with Gasteiger partial charge in [-0.25, -0.2) is 0 Å². The topological polar surface area (TPSA) is 108 Å². The zero-order valence-electron chi connectivity index (χ0n) is 9.71. The number of nitrogens with one attached hydrogen (secondary N) is 1. The minimum atomic E-state index is -0.549. The molecule has 0 aromatic carbocycles. The molecule has 0 bridgehead atoms. The van der Waals surface area contributed by atoms with Crippen LogP contribution in [0.15, 0.2) is 0 Å². The molecule has 0 aromatic heterocycles. The van der Waals surface area contributed by atoms with Gasteiger partial charge in [0.25, 0.3) is 0 Å². The molecular formula is C9H21N3O4S. The largest absolute Gasteiger partial charge is 0.355 e. The molecule has 5 N–H and O–H groups in total. The second-order valence-corrected chi connectivity index (χ2v) is 3.95. The summed E-state index contributed by atoms with van der Waals surface area (Å²) in [5.74, 6) is 0.154. The summed E-state index contributed by atoms with van der Waals surface area (Å²) >= 11 is 3.93. The van der Waals surface area contributed by atoms with Crippen LogP contribution in [0.2, 0.25) is 0 Å². The molecule has 7 nitrogen and oxygen atoms in total. The van der Waals surface area contributed by atoms with E-state index in [0.29, 0.717) is 12.3 Å². The Morgan fingerprint density at radius 1 is 1.35 bits per heavy atom. The summed E-state index contributed by atoms with van der Waals surface area (Å²) in [6.45, 7) is 0.844. The fraction of sp³-hybridized carbons (Fsp3) is 0.889. The van der Waals surface area contributed by atoms with Gasteiger partial charge in [-0.3, -0.25) is 20.0 Å². The Balaban J connectivity index is 3.21. The van der Waals surface area contributed by atoms with E-state index in [1.807, 2.05) is 0 Å². The van der Waals surface area contributed by atoms with Gasteiger partial charge in [-0.15, -0.1) is 0 Å². The van der Waals surface area contributed by atoms with Crippen molar-refractivity contribution in [2.24, 2.45) is 5.73 Å². The van der Waals surface area contributed by atoms with E-state index in [1.165, 1.54) is 0 Å². The summed E-state index contributed by atoms with van der Waals surface area (Å²) in [6.07, 6.45) is 3.40. The molecular weight excluding hydrogens is 246 g/mol. The van der Waals surface area contributed by atoms with Crippen molar-refractivity contribution >= 4 is 18.5 Å². The van der Waals surface area contributed by atoms with Crippen molar-refractivity contribution in [2.75, 3.05) is 18.9 Å². The first-order chi connectivity index (χ1) is 8.07. The summed E-state index contributed by atoms with van der Waals surface area (Å²) < 4.78 is 0. The van der Waals surface area contributed by atoms with Crippen LogP contribution in [0.3, 0.4) is 0 Å². The molecule has 0 fully saturated rings. The second-order valence-electron chi connectivity index (χ2n) is 3.58. The number of carbonyl (C=O) groups excluding carboxylic acids is 1. The van der Waals surface area contributed by atoms with E-state index in [-0.39, 0.29) is 17.9 Å². The summed E-state index contributed by atoms with van der Waals surface area (Å²) in [5.41, 5.74) is 5.47. The number of carbonyl (C=O) groups is 1. The molecule has 0 aliphatic carbocycles. The fourth-order valence-electron chi connectivity index (χ4n) is 1.15. The molecule has 0 aliphatic heterocycles. The third kappa shape index (κ3) is 10.5. The molecule has 0 spiro atoms. The number of nitrogens with zero attached hydrogens (tertiary/aromatic N) is 1. The number of rotatable bonds is 10. The maximum atomic E-state index is 11.2. The van der Waals surface area contributed by atoms with Crippen LogP contribution in [0.1, 0.15) is 25.7 Å². The van der Waals surface area contributed by atoms with Crippen molar-refractivity contribution in [1.29, 1.82) is 0 Å². The lowest BCUT2D eigenvalue weighted by atomic mass is 10.2. The number of thiol groups is 1. The first kappa shape index (κ1) is 16.6. The van der Waals surface area contributed by atoms with Gasteiger partial charge < -0.3 is 11.1 Å². The predicted molar refractivity (Wildman–Crippen MR) is 64.7 cm³/mol. The van der Waals surface area contributed by atoms with Gasteiger partial charge in [0.05, 0.1) is 18.0 Å². The van der Waals surface area contributed by atoms with Gasteiger partial charge in [-0.1, -0.05) is 12.8 Å². The SMILES string of the molecule is NC(CS)C(=O)NCCCCCCON(O)O. The minimum absolute atomic E-state index is 0.181. The highest BCUT2D eigenvalue weighted by Crippen LogP contribution is 1.99.